The first-order valence-electron chi connectivity index (χ1n) is 8.43. The monoisotopic (exact) mass is 454 g/mol. The summed E-state index contributed by atoms with van der Waals surface area (Å²) in [4.78, 5) is 12.5. The number of halogens is 2. The van der Waals surface area contributed by atoms with Gasteiger partial charge in [0.05, 0.1) is 11.6 Å². The molecule has 0 aliphatic carbocycles. The smallest absolute Gasteiger partial charge is 0.314 e. The normalized spacial score (nSPS) is 15.0. The topological polar surface area (TPSA) is 117 Å². The molecule has 11 heteroatoms. The molecule has 29 heavy (non-hydrogen) atoms. The highest BCUT2D eigenvalue weighted by atomic mass is 35.5. The van der Waals surface area contributed by atoms with Crippen LogP contribution in [0.15, 0.2) is 41.3 Å². The number of carbonyl (C=O) groups is 1. The maximum absolute atomic E-state index is 13.2. The van der Waals surface area contributed by atoms with Crippen LogP contribution in [0.25, 0.3) is 0 Å². The Morgan fingerprint density at radius 3 is 2.24 bits per heavy atom. The maximum atomic E-state index is 13.2. The van der Waals surface area contributed by atoms with Crippen molar-refractivity contribution in [2.75, 3.05) is 26.2 Å². The van der Waals surface area contributed by atoms with Crippen LogP contribution in [0, 0.1) is 11.3 Å². The largest absolute Gasteiger partial charge is 0.456 e. The minimum atomic E-state index is -4.00. The van der Waals surface area contributed by atoms with E-state index in [1.807, 2.05) is 6.07 Å². The van der Waals surface area contributed by atoms with Gasteiger partial charge in [0, 0.05) is 36.2 Å². The average Bonchev–Trinajstić information content (AvgIpc) is 2.67. The lowest BCUT2D eigenvalue weighted by molar-refractivity contribution is 0.180. The lowest BCUT2D eigenvalue weighted by atomic mass is 10.2. The van der Waals surface area contributed by atoms with Gasteiger partial charge in [-0.2, -0.15) is 9.57 Å². The standard InChI is InChI=1S/C18H16Cl2N4O4S/c19-13-8-14(20)10-15(9-13)28-16-2-1-12(11-21)7-17(16)29(26,27)24-5-3-23(4-6-24)18(22)25/h1-2,7-10H,3-6H2,(H2,22,25). The van der Waals surface area contributed by atoms with Gasteiger partial charge in [0.25, 0.3) is 0 Å². The van der Waals surface area contributed by atoms with E-state index in [9.17, 15) is 18.5 Å². The maximum Gasteiger partial charge on any atom is 0.314 e. The van der Waals surface area contributed by atoms with Crippen LogP contribution in [0.2, 0.25) is 10.0 Å². The molecule has 0 aromatic heterocycles. The second-order valence-electron chi connectivity index (χ2n) is 6.21. The van der Waals surface area contributed by atoms with Gasteiger partial charge in [0.15, 0.2) is 0 Å². The van der Waals surface area contributed by atoms with Gasteiger partial charge < -0.3 is 15.4 Å². The first kappa shape index (κ1) is 21.2. The van der Waals surface area contributed by atoms with E-state index in [2.05, 4.69) is 0 Å². The third-order valence-electron chi connectivity index (χ3n) is 4.30. The summed E-state index contributed by atoms with van der Waals surface area (Å²) in [6.45, 7) is 0.494. The molecule has 0 atom stereocenters. The van der Waals surface area contributed by atoms with Crippen molar-refractivity contribution in [3.8, 4) is 17.6 Å². The first-order chi connectivity index (χ1) is 13.7. The number of nitriles is 1. The van der Waals surface area contributed by atoms with Crippen LogP contribution in [0.4, 0.5) is 4.79 Å². The van der Waals surface area contributed by atoms with E-state index < -0.39 is 16.1 Å². The molecule has 2 N–H and O–H groups in total. The van der Waals surface area contributed by atoms with Gasteiger partial charge in [-0.05, 0) is 36.4 Å². The Bertz CT molecular complexity index is 1070. The van der Waals surface area contributed by atoms with Gasteiger partial charge in [0.2, 0.25) is 10.0 Å². The minimum absolute atomic E-state index is 0.0275. The van der Waals surface area contributed by atoms with Crippen molar-refractivity contribution < 1.29 is 17.9 Å². The Hall–Kier alpha value is -2.51. The summed E-state index contributed by atoms with van der Waals surface area (Å²) in [6, 6.07) is 9.93. The number of nitrogens with zero attached hydrogens (tertiary/aromatic N) is 3. The van der Waals surface area contributed by atoms with E-state index in [-0.39, 0.29) is 48.1 Å². The highest BCUT2D eigenvalue weighted by Gasteiger charge is 2.32. The molecule has 0 saturated carbocycles. The molecular weight excluding hydrogens is 439 g/mol. The van der Waals surface area contributed by atoms with Crippen LogP contribution in [0.3, 0.4) is 0 Å². The number of rotatable bonds is 4. The van der Waals surface area contributed by atoms with E-state index in [4.69, 9.17) is 33.7 Å². The van der Waals surface area contributed by atoms with Crippen molar-refractivity contribution in [2.45, 2.75) is 4.90 Å². The second kappa shape index (κ2) is 8.47. The Morgan fingerprint density at radius 1 is 1.07 bits per heavy atom. The van der Waals surface area contributed by atoms with Crippen molar-refractivity contribution in [2.24, 2.45) is 5.73 Å². The Kier molecular flexibility index (Phi) is 6.19. The van der Waals surface area contributed by atoms with Crippen molar-refractivity contribution in [3.05, 3.63) is 52.0 Å². The summed E-state index contributed by atoms with van der Waals surface area (Å²) in [5.74, 6) is 0.280. The minimum Gasteiger partial charge on any atom is -0.456 e. The molecule has 2 amide bonds. The Morgan fingerprint density at radius 2 is 1.69 bits per heavy atom. The lowest BCUT2D eigenvalue weighted by Crippen LogP contribution is -2.52. The fourth-order valence-corrected chi connectivity index (χ4v) is 4.93. The lowest BCUT2D eigenvalue weighted by Gasteiger charge is -2.33. The Labute approximate surface area is 178 Å². The zero-order chi connectivity index (χ0) is 21.2. The predicted molar refractivity (Wildman–Crippen MR) is 108 cm³/mol. The summed E-state index contributed by atoms with van der Waals surface area (Å²) in [5, 5.41) is 9.85. The molecule has 152 valence electrons. The third-order valence-corrected chi connectivity index (χ3v) is 6.66. The molecule has 2 aromatic carbocycles. The third kappa shape index (κ3) is 4.74. The number of amides is 2. The van der Waals surface area contributed by atoms with Crippen molar-refractivity contribution >= 4 is 39.3 Å². The fourth-order valence-electron chi connectivity index (χ4n) is 2.87. The Balaban J connectivity index is 1.97. The van der Waals surface area contributed by atoms with Crippen LogP contribution < -0.4 is 10.5 Å². The van der Waals surface area contributed by atoms with Crippen LogP contribution in [-0.2, 0) is 10.0 Å². The molecule has 2 aromatic rings. The highest BCUT2D eigenvalue weighted by Crippen LogP contribution is 2.34. The number of benzene rings is 2. The van der Waals surface area contributed by atoms with E-state index in [1.54, 1.807) is 0 Å². The first-order valence-corrected chi connectivity index (χ1v) is 10.6. The van der Waals surface area contributed by atoms with E-state index in [0.717, 1.165) is 0 Å². The number of urea groups is 1. The highest BCUT2D eigenvalue weighted by molar-refractivity contribution is 7.89. The molecule has 1 saturated heterocycles. The summed E-state index contributed by atoms with van der Waals surface area (Å²) in [5.41, 5.74) is 5.41. The van der Waals surface area contributed by atoms with Crippen LogP contribution in [0.5, 0.6) is 11.5 Å². The molecule has 0 radical (unpaired) electrons. The van der Waals surface area contributed by atoms with Crippen molar-refractivity contribution in [3.63, 3.8) is 0 Å². The van der Waals surface area contributed by atoms with E-state index in [0.29, 0.717) is 10.0 Å². The quantitative estimate of drug-likeness (QED) is 0.761. The number of primary amides is 1. The number of nitrogens with two attached hydrogens (primary N) is 1. The molecule has 0 spiro atoms. The van der Waals surface area contributed by atoms with E-state index in [1.165, 1.54) is 45.6 Å². The van der Waals surface area contributed by atoms with Crippen molar-refractivity contribution in [1.29, 1.82) is 5.26 Å². The molecule has 1 heterocycles. The predicted octanol–water partition coefficient (Wildman–Crippen LogP) is 3.04. The molecule has 1 fully saturated rings. The average molecular weight is 455 g/mol. The second-order valence-corrected chi connectivity index (χ2v) is 8.99. The van der Waals surface area contributed by atoms with E-state index >= 15 is 0 Å². The SMILES string of the molecule is N#Cc1ccc(Oc2cc(Cl)cc(Cl)c2)c(S(=O)(=O)N2CCN(C(N)=O)CC2)c1. The molecule has 1 aliphatic heterocycles. The van der Waals surface area contributed by atoms with Gasteiger partial charge in [-0.3, -0.25) is 0 Å². The molecule has 0 bridgehead atoms. The summed E-state index contributed by atoms with van der Waals surface area (Å²) in [6.07, 6.45) is 0. The summed E-state index contributed by atoms with van der Waals surface area (Å²) < 4.78 is 33.4. The number of sulfonamides is 1. The van der Waals surface area contributed by atoms with Gasteiger partial charge in [0.1, 0.15) is 16.4 Å². The number of carbonyl (C=O) groups excluding carboxylic acids is 1. The zero-order valence-corrected chi connectivity index (χ0v) is 17.3. The number of ether oxygens (including phenoxy) is 1. The molecule has 0 unspecified atom stereocenters. The van der Waals surface area contributed by atoms with Gasteiger partial charge in [-0.1, -0.05) is 23.2 Å². The number of piperazine rings is 1. The van der Waals surface area contributed by atoms with Gasteiger partial charge in [-0.25, -0.2) is 13.2 Å². The van der Waals surface area contributed by atoms with Crippen molar-refractivity contribution in [1.82, 2.24) is 9.21 Å². The van der Waals surface area contributed by atoms with Crippen LogP contribution >= 0.6 is 23.2 Å². The zero-order valence-electron chi connectivity index (χ0n) is 15.0. The number of hydrogen-bond acceptors (Lipinski definition) is 5. The molecule has 8 nitrogen and oxygen atoms in total. The summed E-state index contributed by atoms with van der Waals surface area (Å²) >= 11 is 12.0. The van der Waals surface area contributed by atoms with Gasteiger partial charge >= 0.3 is 6.03 Å². The van der Waals surface area contributed by atoms with Crippen LogP contribution in [0.1, 0.15) is 5.56 Å². The number of hydrogen-bond donors (Lipinski definition) is 1. The fraction of sp³-hybridized carbons (Fsp3) is 0.222. The van der Waals surface area contributed by atoms with Gasteiger partial charge in [-0.15, -0.1) is 0 Å². The summed E-state index contributed by atoms with van der Waals surface area (Å²) in [7, 11) is -4.00. The molecular formula is C18H16Cl2N4O4S. The molecule has 3 rings (SSSR count). The molecule has 1 aliphatic rings. The van der Waals surface area contributed by atoms with Crippen LogP contribution in [-0.4, -0.2) is 49.8 Å².